The van der Waals surface area contributed by atoms with Gasteiger partial charge in [-0.1, -0.05) is 25.1 Å². The van der Waals surface area contributed by atoms with Gasteiger partial charge in [0.15, 0.2) is 0 Å². The van der Waals surface area contributed by atoms with E-state index in [1.54, 1.807) is 18.2 Å². The molecule has 4 heteroatoms. The maximum atomic E-state index is 10.8. The smallest absolute Gasteiger partial charge is 0.272 e. The number of aliphatic hydroxyl groups excluding tert-OH is 1. The zero-order valence-corrected chi connectivity index (χ0v) is 9.87. The summed E-state index contributed by atoms with van der Waals surface area (Å²) in [6.45, 7) is 2.02. The van der Waals surface area contributed by atoms with Gasteiger partial charge in [-0.2, -0.15) is 0 Å². The van der Waals surface area contributed by atoms with E-state index in [-0.39, 0.29) is 16.5 Å². The Hall–Kier alpha value is -1.42. The number of hydrogen-bond acceptors (Lipinski definition) is 3. The van der Waals surface area contributed by atoms with Gasteiger partial charge < -0.3 is 5.11 Å². The Morgan fingerprint density at radius 2 is 2.12 bits per heavy atom. The van der Waals surface area contributed by atoms with Gasteiger partial charge in [-0.05, 0) is 24.7 Å². The van der Waals surface area contributed by atoms with Gasteiger partial charge in [0.1, 0.15) is 0 Å². The van der Waals surface area contributed by atoms with Gasteiger partial charge in [-0.25, -0.2) is 0 Å². The molecule has 4 nitrogen and oxygen atoms in total. The maximum absolute atomic E-state index is 10.8. The topological polar surface area (TPSA) is 63.4 Å². The van der Waals surface area contributed by atoms with Crippen molar-refractivity contribution in [1.82, 2.24) is 0 Å². The number of nitrogens with zero attached hydrogens (tertiary/aromatic N) is 1. The van der Waals surface area contributed by atoms with Crippen LogP contribution in [0.3, 0.4) is 0 Å². The molecule has 0 aromatic heterocycles. The fraction of sp³-hybridized carbons (Fsp3) is 0.538. The lowest BCUT2D eigenvalue weighted by Crippen LogP contribution is -2.22. The normalized spacial score (nSPS) is 18.7. The monoisotopic (exact) mass is 235 g/mol. The van der Waals surface area contributed by atoms with Crippen LogP contribution in [0.4, 0.5) is 5.69 Å². The highest BCUT2D eigenvalue weighted by Crippen LogP contribution is 2.39. The lowest BCUT2D eigenvalue weighted by Gasteiger charge is -2.18. The van der Waals surface area contributed by atoms with Crippen molar-refractivity contribution in [2.24, 2.45) is 11.8 Å². The van der Waals surface area contributed by atoms with E-state index < -0.39 is 6.10 Å². The minimum Gasteiger partial charge on any atom is -0.392 e. The van der Waals surface area contributed by atoms with Crippen LogP contribution in [0.15, 0.2) is 24.3 Å². The van der Waals surface area contributed by atoms with Crippen LogP contribution >= 0.6 is 0 Å². The van der Waals surface area contributed by atoms with Gasteiger partial charge in [0.2, 0.25) is 0 Å². The number of rotatable bonds is 5. The second kappa shape index (κ2) is 4.84. The van der Waals surface area contributed by atoms with Crippen molar-refractivity contribution < 1.29 is 10.0 Å². The molecule has 0 aliphatic heterocycles. The molecule has 0 radical (unpaired) electrons. The predicted octanol–water partition coefficient (Wildman–Crippen LogP) is 2.54. The molecule has 1 aromatic carbocycles. The number of aliphatic hydroxyl groups is 1. The standard InChI is InChI=1S/C13H17NO3/c1-9(10-6-7-10)13(15)8-11-4-2-3-5-12(11)14(16)17/h2-5,9-10,13,15H,6-8H2,1H3. The molecular formula is C13H17NO3. The molecule has 2 rings (SSSR count). The van der Waals surface area contributed by atoms with Crippen molar-refractivity contribution in [3.8, 4) is 0 Å². The van der Waals surface area contributed by atoms with Gasteiger partial charge in [0.25, 0.3) is 5.69 Å². The van der Waals surface area contributed by atoms with Crippen LogP contribution in [-0.4, -0.2) is 16.1 Å². The third-order valence-corrected chi connectivity index (χ3v) is 3.59. The van der Waals surface area contributed by atoms with Crippen LogP contribution in [0.2, 0.25) is 0 Å². The molecule has 1 N–H and O–H groups in total. The van der Waals surface area contributed by atoms with Gasteiger partial charge in [0.05, 0.1) is 11.0 Å². The Kier molecular flexibility index (Phi) is 3.43. The minimum absolute atomic E-state index is 0.106. The molecule has 1 aliphatic carbocycles. The third kappa shape index (κ3) is 2.82. The van der Waals surface area contributed by atoms with Gasteiger partial charge in [-0.15, -0.1) is 0 Å². The van der Waals surface area contributed by atoms with E-state index >= 15 is 0 Å². The van der Waals surface area contributed by atoms with E-state index in [9.17, 15) is 15.2 Å². The fourth-order valence-corrected chi connectivity index (χ4v) is 2.21. The lowest BCUT2D eigenvalue weighted by atomic mass is 9.93. The van der Waals surface area contributed by atoms with E-state index in [0.717, 1.165) is 0 Å². The Balaban J connectivity index is 2.09. The SMILES string of the molecule is CC(C(O)Cc1ccccc1[N+](=O)[O-])C1CC1. The Labute approximate surface area is 100 Å². The zero-order valence-electron chi connectivity index (χ0n) is 9.87. The number of hydrogen-bond donors (Lipinski definition) is 1. The summed E-state index contributed by atoms with van der Waals surface area (Å²) in [7, 11) is 0. The average molecular weight is 235 g/mol. The molecule has 1 aliphatic rings. The first kappa shape index (κ1) is 12.0. The average Bonchev–Trinajstić information content (AvgIpc) is 3.12. The van der Waals surface area contributed by atoms with E-state index in [2.05, 4.69) is 0 Å². The largest absolute Gasteiger partial charge is 0.392 e. The predicted molar refractivity (Wildman–Crippen MR) is 64.7 cm³/mol. The molecule has 2 unspecified atom stereocenters. The Bertz CT molecular complexity index is 415. The van der Waals surface area contributed by atoms with E-state index in [1.807, 2.05) is 6.92 Å². The molecule has 17 heavy (non-hydrogen) atoms. The number of nitro groups is 1. The highest BCUT2D eigenvalue weighted by atomic mass is 16.6. The maximum Gasteiger partial charge on any atom is 0.272 e. The summed E-state index contributed by atoms with van der Waals surface area (Å²) >= 11 is 0. The van der Waals surface area contributed by atoms with E-state index in [4.69, 9.17) is 0 Å². The number of nitro benzene ring substituents is 1. The minimum atomic E-state index is -0.483. The molecule has 1 saturated carbocycles. The van der Waals surface area contributed by atoms with Gasteiger partial charge >= 0.3 is 0 Å². The van der Waals surface area contributed by atoms with Crippen LogP contribution < -0.4 is 0 Å². The first-order valence-electron chi connectivity index (χ1n) is 6.00. The first-order valence-corrected chi connectivity index (χ1v) is 6.00. The highest BCUT2D eigenvalue weighted by molar-refractivity contribution is 5.40. The summed E-state index contributed by atoms with van der Waals surface area (Å²) in [5.41, 5.74) is 0.729. The van der Waals surface area contributed by atoms with Crippen molar-refractivity contribution in [2.45, 2.75) is 32.3 Å². The summed E-state index contributed by atoms with van der Waals surface area (Å²) in [5, 5.41) is 20.9. The second-order valence-electron chi connectivity index (χ2n) is 4.85. The zero-order chi connectivity index (χ0) is 12.4. The summed E-state index contributed by atoms with van der Waals surface area (Å²) in [4.78, 5) is 10.5. The van der Waals surface area contributed by atoms with Gasteiger partial charge in [-0.3, -0.25) is 10.1 Å². The third-order valence-electron chi connectivity index (χ3n) is 3.59. The lowest BCUT2D eigenvalue weighted by molar-refractivity contribution is -0.385. The second-order valence-corrected chi connectivity index (χ2v) is 4.85. The van der Waals surface area contributed by atoms with Gasteiger partial charge in [0, 0.05) is 18.1 Å². The Morgan fingerprint density at radius 3 is 2.71 bits per heavy atom. The van der Waals surface area contributed by atoms with E-state index in [1.165, 1.54) is 18.9 Å². The van der Waals surface area contributed by atoms with Crippen molar-refractivity contribution in [3.63, 3.8) is 0 Å². The number of para-hydroxylation sites is 1. The van der Waals surface area contributed by atoms with Crippen LogP contribution in [0.1, 0.15) is 25.3 Å². The van der Waals surface area contributed by atoms with Crippen LogP contribution in [0.25, 0.3) is 0 Å². The molecule has 2 atom stereocenters. The van der Waals surface area contributed by atoms with Crippen LogP contribution in [0.5, 0.6) is 0 Å². The molecular weight excluding hydrogens is 218 g/mol. The van der Waals surface area contributed by atoms with Crippen LogP contribution in [0, 0.1) is 22.0 Å². The number of benzene rings is 1. The van der Waals surface area contributed by atoms with Crippen molar-refractivity contribution in [2.75, 3.05) is 0 Å². The molecule has 1 aromatic rings. The summed E-state index contributed by atoms with van der Waals surface area (Å²) in [6, 6.07) is 6.64. The first-order chi connectivity index (χ1) is 8.09. The molecule has 0 saturated heterocycles. The molecule has 0 amide bonds. The molecule has 0 heterocycles. The van der Waals surface area contributed by atoms with Crippen molar-refractivity contribution in [3.05, 3.63) is 39.9 Å². The molecule has 0 spiro atoms. The van der Waals surface area contributed by atoms with Crippen LogP contribution in [-0.2, 0) is 6.42 Å². The summed E-state index contributed by atoms with van der Waals surface area (Å²) in [5.74, 6) is 0.836. The molecule has 0 bridgehead atoms. The van der Waals surface area contributed by atoms with Crippen molar-refractivity contribution in [1.29, 1.82) is 0 Å². The molecule has 92 valence electrons. The molecule has 1 fully saturated rings. The quantitative estimate of drug-likeness (QED) is 0.630. The van der Waals surface area contributed by atoms with Crippen molar-refractivity contribution >= 4 is 5.69 Å². The fourth-order valence-electron chi connectivity index (χ4n) is 2.21. The van der Waals surface area contributed by atoms with E-state index in [0.29, 0.717) is 17.9 Å². The Morgan fingerprint density at radius 1 is 1.47 bits per heavy atom. The summed E-state index contributed by atoms with van der Waals surface area (Å²) in [6.07, 6.45) is 2.24. The summed E-state index contributed by atoms with van der Waals surface area (Å²) < 4.78 is 0. The highest BCUT2D eigenvalue weighted by Gasteiger charge is 2.33.